The lowest BCUT2D eigenvalue weighted by molar-refractivity contribution is -0.143. The van der Waals surface area contributed by atoms with Gasteiger partial charge >= 0.3 is 12.4 Å². The molecule has 2 atom stereocenters. The zero-order chi connectivity index (χ0) is 29.2. The summed E-state index contributed by atoms with van der Waals surface area (Å²) in [6.45, 7) is -0.441. The zero-order valence-electron chi connectivity index (χ0n) is 19.3. The van der Waals surface area contributed by atoms with Crippen molar-refractivity contribution in [2.45, 2.75) is 47.4 Å². The molecule has 0 bridgehead atoms. The van der Waals surface area contributed by atoms with Gasteiger partial charge in [-0.1, -0.05) is 34.8 Å². The summed E-state index contributed by atoms with van der Waals surface area (Å²) in [5, 5.41) is 5.15. The molecule has 2 fully saturated rings. The predicted octanol–water partition coefficient (Wildman–Crippen LogP) is 7.47. The molecule has 39 heavy (non-hydrogen) atoms. The van der Waals surface area contributed by atoms with E-state index < -0.39 is 82.0 Å². The Bertz CT molecular complexity index is 1280. The fraction of sp³-hybridized carbons (Fsp3) is 0.417. The van der Waals surface area contributed by atoms with Crippen molar-refractivity contribution in [3.63, 3.8) is 0 Å². The van der Waals surface area contributed by atoms with Gasteiger partial charge in [-0.15, -0.1) is 0 Å². The summed E-state index contributed by atoms with van der Waals surface area (Å²) in [7, 11) is 0. The second-order valence-corrected chi connectivity index (χ2v) is 11.3. The molecule has 2 aliphatic carbocycles. The number of amides is 1. The highest BCUT2D eigenvalue weighted by atomic mass is 35.5. The van der Waals surface area contributed by atoms with E-state index in [-0.39, 0.29) is 28.6 Å². The molecule has 0 saturated heterocycles. The molecule has 0 spiro atoms. The fourth-order valence-corrected chi connectivity index (χ4v) is 5.80. The van der Waals surface area contributed by atoms with E-state index in [4.69, 9.17) is 34.8 Å². The average Bonchev–Trinajstić information content (AvgIpc) is 3.30. The monoisotopic (exact) mass is 622 g/mol. The number of nitrogens with one attached hydrogen (secondary N) is 2. The van der Waals surface area contributed by atoms with Gasteiger partial charge in [0.05, 0.1) is 27.1 Å². The van der Waals surface area contributed by atoms with Gasteiger partial charge in [-0.2, -0.15) is 26.3 Å². The molecular weight excluding hydrogens is 607 g/mol. The van der Waals surface area contributed by atoms with Crippen molar-refractivity contribution in [1.82, 2.24) is 5.32 Å². The molecular formula is C24H17Cl3F8N2O2. The highest BCUT2D eigenvalue weighted by Gasteiger charge is 2.76. The predicted molar refractivity (Wildman–Crippen MR) is 127 cm³/mol. The lowest BCUT2D eigenvalue weighted by atomic mass is 9.88. The second-order valence-electron chi connectivity index (χ2n) is 9.54. The van der Waals surface area contributed by atoms with Crippen LogP contribution in [-0.2, 0) is 17.1 Å². The van der Waals surface area contributed by atoms with E-state index in [1.165, 1.54) is 18.2 Å². The third kappa shape index (κ3) is 5.65. The smallest absolute Gasteiger partial charge is 0.384 e. The molecule has 212 valence electrons. The lowest BCUT2D eigenvalue weighted by Crippen LogP contribution is -2.50. The van der Waals surface area contributed by atoms with Gasteiger partial charge in [0.25, 0.3) is 11.8 Å². The molecule has 15 heteroatoms. The van der Waals surface area contributed by atoms with Crippen molar-refractivity contribution < 1.29 is 44.7 Å². The summed E-state index contributed by atoms with van der Waals surface area (Å²) in [4.78, 5) is 24.6. The van der Waals surface area contributed by atoms with E-state index in [0.29, 0.717) is 12.1 Å². The van der Waals surface area contributed by atoms with Crippen LogP contribution >= 0.6 is 34.8 Å². The normalized spacial score (nSPS) is 24.0. The number of anilines is 1. The molecule has 2 N–H and O–H groups in total. The highest BCUT2D eigenvalue weighted by Crippen LogP contribution is 2.73. The maximum atomic E-state index is 13.3. The Morgan fingerprint density at radius 3 is 2.03 bits per heavy atom. The van der Waals surface area contributed by atoms with Crippen LogP contribution in [0, 0.1) is 5.41 Å². The first-order chi connectivity index (χ1) is 17.8. The van der Waals surface area contributed by atoms with E-state index >= 15 is 0 Å². The minimum atomic E-state index is -5.12. The summed E-state index contributed by atoms with van der Waals surface area (Å²) in [5.41, 5.74) is -5.49. The number of rotatable bonds is 7. The van der Waals surface area contributed by atoms with Crippen molar-refractivity contribution in [1.29, 1.82) is 0 Å². The Morgan fingerprint density at radius 2 is 1.54 bits per heavy atom. The fourth-order valence-electron chi connectivity index (χ4n) is 4.62. The van der Waals surface area contributed by atoms with Crippen molar-refractivity contribution in [2.24, 2.45) is 5.41 Å². The molecule has 0 radical (unpaired) electrons. The van der Waals surface area contributed by atoms with E-state index in [1.807, 2.05) is 0 Å². The molecule has 4 rings (SSSR count). The van der Waals surface area contributed by atoms with Crippen LogP contribution in [0.2, 0.25) is 5.02 Å². The topological polar surface area (TPSA) is 58.2 Å². The number of hydrogen-bond donors (Lipinski definition) is 2. The molecule has 0 aliphatic heterocycles. The third-order valence-electron chi connectivity index (χ3n) is 6.79. The largest absolute Gasteiger partial charge is 0.416 e. The first-order valence-corrected chi connectivity index (χ1v) is 12.3. The number of alkyl halides is 10. The van der Waals surface area contributed by atoms with E-state index in [0.717, 1.165) is 0 Å². The van der Waals surface area contributed by atoms with Crippen LogP contribution in [0.1, 0.15) is 45.8 Å². The van der Waals surface area contributed by atoms with Crippen LogP contribution in [-0.4, -0.2) is 35.0 Å². The number of hydrogen-bond acceptors (Lipinski definition) is 3. The SMILES string of the molecule is O=CC1(CNc2ccc(Cl)c(C(=O)NC3CC(F)(F)C3)c2)C(c2cc(C(F)(F)F)cc(C(F)(F)F)c2)C1(Cl)Cl. The third-order valence-corrected chi connectivity index (χ3v) is 8.26. The lowest BCUT2D eigenvalue weighted by Gasteiger charge is -2.35. The van der Waals surface area contributed by atoms with Crippen LogP contribution in [0.15, 0.2) is 36.4 Å². The minimum absolute atomic E-state index is 0.0220. The van der Waals surface area contributed by atoms with Crippen LogP contribution in [0.5, 0.6) is 0 Å². The zero-order valence-corrected chi connectivity index (χ0v) is 21.6. The number of benzene rings is 2. The van der Waals surface area contributed by atoms with E-state index in [1.54, 1.807) is 0 Å². The maximum Gasteiger partial charge on any atom is 0.416 e. The molecule has 0 heterocycles. The molecule has 2 saturated carbocycles. The molecule has 0 aromatic heterocycles. The average molecular weight is 624 g/mol. The summed E-state index contributed by atoms with van der Waals surface area (Å²) in [6, 6.07) is 4.01. The second kappa shape index (κ2) is 9.66. The summed E-state index contributed by atoms with van der Waals surface area (Å²) in [6.07, 6.45) is -11.1. The van der Waals surface area contributed by atoms with Gasteiger partial charge in [-0.05, 0) is 42.0 Å². The van der Waals surface area contributed by atoms with Crippen LogP contribution in [0.4, 0.5) is 40.8 Å². The minimum Gasteiger partial charge on any atom is -0.384 e. The molecule has 1 amide bonds. The van der Waals surface area contributed by atoms with Gasteiger partial charge in [0.1, 0.15) is 10.6 Å². The van der Waals surface area contributed by atoms with Gasteiger partial charge in [0.2, 0.25) is 0 Å². The van der Waals surface area contributed by atoms with Gasteiger partial charge in [0.15, 0.2) is 0 Å². The Hall–Kier alpha value is -2.31. The first-order valence-electron chi connectivity index (χ1n) is 11.2. The molecule has 2 aromatic rings. The Labute approximate surface area is 231 Å². The Morgan fingerprint density at radius 1 is 0.974 bits per heavy atom. The van der Waals surface area contributed by atoms with Gasteiger partial charge < -0.3 is 15.4 Å². The van der Waals surface area contributed by atoms with E-state index in [9.17, 15) is 44.7 Å². The molecule has 2 aromatic carbocycles. The van der Waals surface area contributed by atoms with Gasteiger partial charge in [-0.25, -0.2) is 8.78 Å². The quantitative estimate of drug-likeness (QED) is 0.191. The molecule has 2 unspecified atom stereocenters. The van der Waals surface area contributed by atoms with Crippen molar-refractivity contribution in [2.75, 3.05) is 11.9 Å². The van der Waals surface area contributed by atoms with Gasteiger partial charge in [-0.3, -0.25) is 4.79 Å². The standard InChI is InChI=1S/C24H17Cl3F8N2O2/c25-17-2-1-14(6-16(17)19(39)37-15-7-21(28,29)8-15)36-9-20(10-38)18(22(20,26)27)11-3-12(23(30,31)32)5-13(4-11)24(33,34)35/h1-6,10,15,18,36H,7-9H2,(H,37,39). The summed E-state index contributed by atoms with van der Waals surface area (Å²) >= 11 is 18.6. The van der Waals surface area contributed by atoms with Crippen LogP contribution < -0.4 is 10.6 Å². The van der Waals surface area contributed by atoms with Crippen molar-refractivity contribution in [3.05, 3.63) is 63.7 Å². The maximum absolute atomic E-state index is 13.3. The van der Waals surface area contributed by atoms with Crippen molar-refractivity contribution >= 4 is 52.7 Å². The highest BCUT2D eigenvalue weighted by molar-refractivity contribution is 6.54. The van der Waals surface area contributed by atoms with Crippen LogP contribution in [0.25, 0.3) is 0 Å². The van der Waals surface area contributed by atoms with Gasteiger partial charge in [0, 0.05) is 37.0 Å². The summed E-state index contributed by atoms with van der Waals surface area (Å²) < 4.78 is 104. The van der Waals surface area contributed by atoms with Crippen LogP contribution in [0.3, 0.4) is 0 Å². The Balaban J connectivity index is 1.57. The molecule has 4 nitrogen and oxygen atoms in total. The number of carbonyl (C=O) groups is 2. The Kier molecular flexibility index (Phi) is 7.35. The van der Waals surface area contributed by atoms with Crippen molar-refractivity contribution in [3.8, 4) is 0 Å². The molecule has 2 aliphatic rings. The summed E-state index contributed by atoms with van der Waals surface area (Å²) in [5.74, 6) is -5.06. The van der Waals surface area contributed by atoms with E-state index in [2.05, 4.69) is 10.6 Å². The first kappa shape index (κ1) is 29.7. The number of halogens is 11. The number of carbonyl (C=O) groups excluding carboxylic acids is 2. The number of aldehydes is 1.